The Morgan fingerprint density at radius 2 is 1.71 bits per heavy atom. The first-order valence-corrected chi connectivity index (χ1v) is 14.8. The summed E-state index contributed by atoms with van der Waals surface area (Å²) in [4.78, 5) is 31.5. The van der Waals surface area contributed by atoms with Gasteiger partial charge >= 0.3 is 0 Å². The van der Waals surface area contributed by atoms with Crippen molar-refractivity contribution in [1.82, 2.24) is 19.4 Å². The normalized spacial score (nSPS) is 16.8. The zero-order chi connectivity index (χ0) is 29.2. The van der Waals surface area contributed by atoms with Crippen molar-refractivity contribution < 1.29 is 0 Å². The number of fused-ring (bicyclic) bond motifs is 1. The predicted molar refractivity (Wildman–Crippen MR) is 172 cm³/mol. The van der Waals surface area contributed by atoms with E-state index in [1.165, 1.54) is 12.0 Å². The minimum absolute atomic E-state index is 0.114. The lowest BCUT2D eigenvalue weighted by atomic mass is 10.0. The summed E-state index contributed by atoms with van der Waals surface area (Å²) in [5, 5.41) is 7.34. The lowest BCUT2D eigenvalue weighted by molar-refractivity contribution is 0.209. The lowest BCUT2D eigenvalue weighted by Gasteiger charge is -2.38. The van der Waals surface area contributed by atoms with Gasteiger partial charge in [-0.25, -0.2) is 15.0 Å². The summed E-state index contributed by atoms with van der Waals surface area (Å²) in [5.74, 6) is 0.729. The average Bonchev–Trinajstić information content (AvgIpc) is 3.02. The maximum atomic E-state index is 13.7. The van der Waals surface area contributed by atoms with Crippen molar-refractivity contribution in [3.05, 3.63) is 88.2 Å². The van der Waals surface area contributed by atoms with Crippen molar-refractivity contribution in [1.29, 1.82) is 0 Å². The van der Waals surface area contributed by atoms with Gasteiger partial charge in [0.25, 0.3) is 5.56 Å². The molecule has 6 rings (SSSR count). The summed E-state index contributed by atoms with van der Waals surface area (Å²) < 4.78 is 1.74. The van der Waals surface area contributed by atoms with Gasteiger partial charge in [-0.3, -0.25) is 14.3 Å². The first-order chi connectivity index (χ1) is 20.4. The van der Waals surface area contributed by atoms with Crippen LogP contribution in [0, 0.1) is 0 Å². The Bertz CT molecular complexity index is 1640. The molecular formula is C32H35ClN8O. The molecule has 0 aliphatic carbocycles. The van der Waals surface area contributed by atoms with E-state index in [2.05, 4.69) is 68.5 Å². The van der Waals surface area contributed by atoms with Gasteiger partial charge in [0.05, 0.1) is 0 Å². The second kappa shape index (κ2) is 12.0. The first-order valence-electron chi connectivity index (χ1n) is 14.4. The number of halogens is 1. The second-order valence-corrected chi connectivity index (χ2v) is 11.3. The fourth-order valence-electron chi connectivity index (χ4n) is 5.62. The quantitative estimate of drug-likeness (QED) is 0.301. The number of pyridine rings is 1. The number of anilines is 3. The topological polar surface area (TPSA) is 90.7 Å². The number of aromatic nitrogens is 3. The highest BCUT2D eigenvalue weighted by Gasteiger charge is 2.22. The zero-order valence-electron chi connectivity index (χ0n) is 24.1. The smallest absolute Gasteiger partial charge is 0.260 e. The highest BCUT2D eigenvalue weighted by Crippen LogP contribution is 2.32. The monoisotopic (exact) mass is 582 g/mol. The molecule has 1 saturated heterocycles. The molecule has 2 aromatic carbocycles. The van der Waals surface area contributed by atoms with E-state index in [9.17, 15) is 4.79 Å². The van der Waals surface area contributed by atoms with Crippen LogP contribution in [0.15, 0.2) is 77.0 Å². The predicted octanol–water partition coefficient (Wildman–Crippen LogP) is 5.42. The van der Waals surface area contributed by atoms with E-state index in [0.29, 0.717) is 28.7 Å². The van der Waals surface area contributed by atoms with Crippen LogP contribution in [0.1, 0.15) is 26.3 Å². The molecule has 42 heavy (non-hydrogen) atoms. The molecular weight excluding hydrogens is 548 g/mol. The van der Waals surface area contributed by atoms with Crippen LogP contribution >= 0.6 is 11.6 Å². The van der Waals surface area contributed by atoms with Crippen molar-refractivity contribution in [2.75, 3.05) is 41.7 Å². The van der Waals surface area contributed by atoms with Gasteiger partial charge in [-0.15, -0.1) is 0 Å². The maximum Gasteiger partial charge on any atom is 0.260 e. The Balaban J connectivity index is 1.19. The van der Waals surface area contributed by atoms with Crippen LogP contribution in [0.2, 0.25) is 5.02 Å². The Morgan fingerprint density at radius 3 is 2.38 bits per heavy atom. The lowest BCUT2D eigenvalue weighted by Crippen LogP contribution is -2.48. The molecule has 2 aliphatic rings. The summed E-state index contributed by atoms with van der Waals surface area (Å²) >= 11 is 6.70. The van der Waals surface area contributed by atoms with Crippen LogP contribution in [-0.2, 0) is 6.54 Å². The number of piperazine rings is 1. The molecule has 1 fully saturated rings. The molecule has 4 heterocycles. The van der Waals surface area contributed by atoms with Gasteiger partial charge in [0, 0.05) is 96.0 Å². The van der Waals surface area contributed by atoms with Gasteiger partial charge in [-0.1, -0.05) is 23.7 Å². The van der Waals surface area contributed by atoms with Crippen LogP contribution in [0.4, 0.5) is 17.2 Å². The Labute approximate surface area is 250 Å². The van der Waals surface area contributed by atoms with Crippen molar-refractivity contribution in [3.8, 4) is 22.3 Å². The van der Waals surface area contributed by atoms with Gasteiger partial charge < -0.3 is 15.5 Å². The average molecular weight is 583 g/mol. The van der Waals surface area contributed by atoms with Crippen LogP contribution in [0.5, 0.6) is 0 Å². The Kier molecular flexibility index (Phi) is 7.95. The number of hydrogen-bond acceptors (Lipinski definition) is 8. The minimum Gasteiger partial charge on any atom is -0.369 e. The molecule has 2 aliphatic heterocycles. The van der Waals surface area contributed by atoms with Gasteiger partial charge in [0.15, 0.2) is 6.29 Å². The van der Waals surface area contributed by atoms with Crippen molar-refractivity contribution in [2.24, 2.45) is 4.99 Å². The van der Waals surface area contributed by atoms with Crippen LogP contribution in [0.25, 0.3) is 22.3 Å². The SMILES string of the molecule is CCn1c2c(cc(-c3ccc(-c4cncnc4)cc3Cl)c1=O)C=NC(Nc1ccc(N3CCN(C(C)C)CC3)cc1)N2. The van der Waals surface area contributed by atoms with Gasteiger partial charge in [-0.2, -0.15) is 0 Å². The summed E-state index contributed by atoms with van der Waals surface area (Å²) in [6.45, 7) is 11.2. The fraction of sp³-hybridized carbons (Fsp3) is 0.312. The molecule has 0 saturated carbocycles. The third-order valence-corrected chi connectivity index (χ3v) is 8.32. The molecule has 2 aromatic heterocycles. The number of aliphatic imine (C=N–C) groups is 1. The molecule has 0 amide bonds. The fourth-order valence-corrected chi connectivity index (χ4v) is 5.90. The zero-order valence-corrected chi connectivity index (χ0v) is 24.8. The van der Waals surface area contributed by atoms with E-state index in [1.54, 1.807) is 17.0 Å². The molecule has 10 heteroatoms. The van der Waals surface area contributed by atoms with Crippen LogP contribution < -0.4 is 21.1 Å². The van der Waals surface area contributed by atoms with E-state index in [-0.39, 0.29) is 5.56 Å². The largest absolute Gasteiger partial charge is 0.369 e. The first kappa shape index (κ1) is 27.9. The third kappa shape index (κ3) is 5.62. The highest BCUT2D eigenvalue weighted by molar-refractivity contribution is 6.33. The maximum absolute atomic E-state index is 13.7. The third-order valence-electron chi connectivity index (χ3n) is 8.00. The second-order valence-electron chi connectivity index (χ2n) is 10.9. The minimum atomic E-state index is -0.406. The Morgan fingerprint density at radius 1 is 0.976 bits per heavy atom. The number of benzene rings is 2. The van der Waals surface area contributed by atoms with Crippen molar-refractivity contribution >= 4 is 35.0 Å². The number of nitrogens with zero attached hydrogens (tertiary/aromatic N) is 6. The van der Waals surface area contributed by atoms with E-state index in [0.717, 1.165) is 54.4 Å². The van der Waals surface area contributed by atoms with E-state index in [4.69, 9.17) is 16.6 Å². The van der Waals surface area contributed by atoms with Crippen molar-refractivity contribution in [3.63, 3.8) is 0 Å². The molecule has 4 aromatic rings. The molecule has 1 atom stereocenters. The summed E-state index contributed by atoms with van der Waals surface area (Å²) in [5.41, 5.74) is 5.84. The molecule has 0 spiro atoms. The molecule has 1 unspecified atom stereocenters. The summed E-state index contributed by atoms with van der Waals surface area (Å²) in [6, 6.07) is 16.6. The Hall–Kier alpha value is -4.21. The van der Waals surface area contributed by atoms with E-state index < -0.39 is 6.29 Å². The van der Waals surface area contributed by atoms with Gasteiger partial charge in [0.2, 0.25) is 0 Å². The van der Waals surface area contributed by atoms with Crippen molar-refractivity contribution in [2.45, 2.75) is 39.6 Å². The van der Waals surface area contributed by atoms with E-state index >= 15 is 0 Å². The van der Waals surface area contributed by atoms with Gasteiger partial charge in [0.1, 0.15) is 12.1 Å². The molecule has 0 bridgehead atoms. The standard InChI is InChI=1S/C32H35ClN8O/c1-4-41-30-23(15-28(31(41)42)27-10-5-22(16-29(27)33)24-17-34-20-35-18-24)19-36-32(38-30)37-25-6-8-26(9-7-25)40-13-11-39(12-14-40)21(2)3/h5-10,15-21,32,37-38H,4,11-14H2,1-3H3. The number of rotatable bonds is 7. The van der Waals surface area contributed by atoms with Crippen LogP contribution in [0.3, 0.4) is 0 Å². The van der Waals surface area contributed by atoms with Crippen LogP contribution in [-0.4, -0.2) is 64.2 Å². The molecule has 9 nitrogen and oxygen atoms in total. The molecule has 216 valence electrons. The highest BCUT2D eigenvalue weighted by atomic mass is 35.5. The van der Waals surface area contributed by atoms with Gasteiger partial charge in [-0.05, 0) is 62.7 Å². The summed E-state index contributed by atoms with van der Waals surface area (Å²) in [7, 11) is 0. The molecule has 0 radical (unpaired) electrons. The number of hydrogen-bond donors (Lipinski definition) is 2. The number of nitrogens with one attached hydrogen (secondary N) is 2. The van der Waals surface area contributed by atoms with E-state index in [1.807, 2.05) is 37.4 Å². The summed E-state index contributed by atoms with van der Waals surface area (Å²) in [6.07, 6.45) is 6.36. The molecule has 2 N–H and O–H groups in total.